The molecule has 9 heteroatoms. The largest absolute Gasteiger partial charge is 0.390 e. The normalized spacial score (nSPS) is 32.2. The zero-order valence-corrected chi connectivity index (χ0v) is 21.9. The van der Waals surface area contributed by atoms with Gasteiger partial charge in [-0.2, -0.15) is 0 Å². The van der Waals surface area contributed by atoms with Gasteiger partial charge in [-0.15, -0.1) is 0 Å². The van der Waals surface area contributed by atoms with E-state index < -0.39 is 34.3 Å². The average molecular weight is 534 g/mol. The highest BCUT2D eigenvalue weighted by atomic mass is 35.5. The highest BCUT2D eigenvalue weighted by Gasteiger charge is 2.71. The molecule has 2 heterocycles. The van der Waals surface area contributed by atoms with Gasteiger partial charge in [0.15, 0.2) is 0 Å². The summed E-state index contributed by atoms with van der Waals surface area (Å²) in [5.74, 6) is -2.17. The standard InChI is InChI=1S/C27H30Cl2FN3O3/c1-4-26(5-2)27(17-10-9-14(28)11-19(17)32-24(27)35)20(16-7-6-8-18(29)21(16)30)22(33-26)23(34)31-15-12-25(3,36)13-15/h6-11,15,20,22,33,36H,4-5,12-13H2,1-3H3,(H,31,34)(H,32,35)/t15-,20-,22+,25+,27+/m0/s1. The van der Waals surface area contributed by atoms with E-state index in [1.807, 2.05) is 13.8 Å². The smallest absolute Gasteiger partial charge is 0.238 e. The third-order valence-electron chi connectivity index (χ3n) is 8.52. The van der Waals surface area contributed by atoms with Gasteiger partial charge in [0.25, 0.3) is 0 Å². The topological polar surface area (TPSA) is 90.5 Å². The van der Waals surface area contributed by atoms with Gasteiger partial charge in [0.1, 0.15) is 11.2 Å². The predicted molar refractivity (Wildman–Crippen MR) is 138 cm³/mol. The van der Waals surface area contributed by atoms with Crippen molar-refractivity contribution < 1.29 is 19.1 Å². The molecule has 192 valence electrons. The van der Waals surface area contributed by atoms with E-state index in [1.54, 1.807) is 37.3 Å². The number of rotatable bonds is 5. The molecule has 6 nitrogen and oxygen atoms in total. The summed E-state index contributed by atoms with van der Waals surface area (Å²) in [6.45, 7) is 5.66. The summed E-state index contributed by atoms with van der Waals surface area (Å²) in [7, 11) is 0. The Balaban J connectivity index is 1.72. The monoisotopic (exact) mass is 533 g/mol. The molecule has 2 fully saturated rings. The molecule has 2 aliphatic heterocycles. The molecule has 0 unspecified atom stereocenters. The molecule has 0 bridgehead atoms. The van der Waals surface area contributed by atoms with Crippen LogP contribution in [0.1, 0.15) is 63.5 Å². The lowest BCUT2D eigenvalue weighted by molar-refractivity contribution is -0.127. The minimum atomic E-state index is -1.30. The second kappa shape index (κ2) is 8.69. The van der Waals surface area contributed by atoms with Gasteiger partial charge in [-0.05, 0) is 61.9 Å². The summed E-state index contributed by atoms with van der Waals surface area (Å²) in [4.78, 5) is 27.9. The molecule has 1 aliphatic carbocycles. The third kappa shape index (κ3) is 3.51. The van der Waals surface area contributed by atoms with Crippen molar-refractivity contribution in [1.82, 2.24) is 10.6 Å². The fraction of sp³-hybridized carbons (Fsp3) is 0.481. The van der Waals surface area contributed by atoms with Crippen molar-refractivity contribution in [1.29, 1.82) is 0 Å². The van der Waals surface area contributed by atoms with E-state index in [-0.39, 0.29) is 28.4 Å². The van der Waals surface area contributed by atoms with Crippen molar-refractivity contribution in [3.63, 3.8) is 0 Å². The number of nitrogens with one attached hydrogen (secondary N) is 3. The maximum Gasteiger partial charge on any atom is 0.238 e. The molecular formula is C27H30Cl2FN3O3. The maximum absolute atomic E-state index is 15.7. The molecule has 36 heavy (non-hydrogen) atoms. The van der Waals surface area contributed by atoms with Gasteiger partial charge in [-0.25, -0.2) is 4.39 Å². The minimum Gasteiger partial charge on any atom is -0.390 e. The lowest BCUT2D eigenvalue weighted by Crippen LogP contribution is -2.59. The zero-order chi connectivity index (χ0) is 26.0. The van der Waals surface area contributed by atoms with Crippen LogP contribution < -0.4 is 16.0 Å². The first-order chi connectivity index (χ1) is 17.0. The first-order valence-corrected chi connectivity index (χ1v) is 13.1. The van der Waals surface area contributed by atoms with E-state index in [4.69, 9.17) is 23.2 Å². The van der Waals surface area contributed by atoms with Gasteiger partial charge >= 0.3 is 0 Å². The van der Waals surface area contributed by atoms with Crippen LogP contribution in [0.15, 0.2) is 36.4 Å². The Kier molecular flexibility index (Phi) is 6.15. The van der Waals surface area contributed by atoms with Crippen LogP contribution in [0.2, 0.25) is 10.0 Å². The number of carbonyl (C=O) groups is 2. The number of hydrogen-bond acceptors (Lipinski definition) is 4. The van der Waals surface area contributed by atoms with Gasteiger partial charge in [0.2, 0.25) is 11.8 Å². The number of carbonyl (C=O) groups excluding carboxylic acids is 2. The Morgan fingerprint density at radius 3 is 2.53 bits per heavy atom. The van der Waals surface area contributed by atoms with Crippen LogP contribution in [-0.4, -0.2) is 40.1 Å². The molecule has 1 saturated heterocycles. The van der Waals surface area contributed by atoms with Crippen LogP contribution in [0.3, 0.4) is 0 Å². The van der Waals surface area contributed by atoms with Crippen molar-refractivity contribution in [3.05, 3.63) is 63.4 Å². The lowest BCUT2D eigenvalue weighted by Gasteiger charge is -2.44. The molecule has 2 amide bonds. The Morgan fingerprint density at radius 2 is 1.89 bits per heavy atom. The van der Waals surface area contributed by atoms with Gasteiger partial charge in [-0.3, -0.25) is 14.9 Å². The molecule has 2 aromatic carbocycles. The summed E-state index contributed by atoms with van der Waals surface area (Å²) in [5.41, 5.74) is -1.53. The molecular weight excluding hydrogens is 504 g/mol. The number of aliphatic hydroxyl groups is 1. The van der Waals surface area contributed by atoms with E-state index in [0.717, 1.165) is 0 Å². The summed E-state index contributed by atoms with van der Waals surface area (Å²) < 4.78 is 15.7. The maximum atomic E-state index is 15.7. The molecule has 3 atom stereocenters. The van der Waals surface area contributed by atoms with Crippen LogP contribution in [0.5, 0.6) is 0 Å². The van der Waals surface area contributed by atoms with Crippen LogP contribution in [0, 0.1) is 5.82 Å². The molecule has 2 aromatic rings. The van der Waals surface area contributed by atoms with Crippen molar-refractivity contribution in [3.8, 4) is 0 Å². The van der Waals surface area contributed by atoms with Crippen molar-refractivity contribution >= 4 is 40.7 Å². The number of hydrogen-bond donors (Lipinski definition) is 4. The number of halogens is 3. The van der Waals surface area contributed by atoms with Gasteiger partial charge in [-0.1, -0.05) is 55.2 Å². The van der Waals surface area contributed by atoms with Crippen LogP contribution in [0.4, 0.5) is 10.1 Å². The number of amides is 2. The SMILES string of the molecule is CCC1(CC)N[C@@H](C(=O)N[C@H]2C[C@@](C)(O)C2)[C@H](c2cccc(Cl)c2F)[C@]12C(=O)Nc1cc(Cl)ccc12. The highest BCUT2D eigenvalue weighted by Crippen LogP contribution is 2.61. The van der Waals surface area contributed by atoms with Crippen molar-refractivity contribution in [2.24, 2.45) is 0 Å². The Labute approximate surface area is 219 Å². The molecule has 1 spiro atoms. The molecule has 4 N–H and O–H groups in total. The van der Waals surface area contributed by atoms with Crippen LogP contribution in [0.25, 0.3) is 0 Å². The van der Waals surface area contributed by atoms with Crippen LogP contribution in [-0.2, 0) is 15.0 Å². The average Bonchev–Trinajstić information content (AvgIpc) is 3.27. The Morgan fingerprint density at radius 1 is 1.19 bits per heavy atom. The van der Waals surface area contributed by atoms with E-state index >= 15 is 4.39 Å². The Bertz CT molecular complexity index is 1240. The number of fused-ring (bicyclic) bond motifs is 2. The zero-order valence-electron chi connectivity index (χ0n) is 20.4. The summed E-state index contributed by atoms with van der Waals surface area (Å²) in [5, 5.41) is 20.1. The molecule has 3 aliphatic rings. The molecule has 0 radical (unpaired) electrons. The second-order valence-corrected chi connectivity index (χ2v) is 11.4. The molecule has 1 saturated carbocycles. The second-order valence-electron chi connectivity index (χ2n) is 10.6. The predicted octanol–water partition coefficient (Wildman–Crippen LogP) is 4.67. The third-order valence-corrected chi connectivity index (χ3v) is 9.05. The number of benzene rings is 2. The fourth-order valence-electron chi connectivity index (χ4n) is 6.93. The first kappa shape index (κ1) is 25.5. The summed E-state index contributed by atoms with van der Waals surface area (Å²) >= 11 is 12.5. The van der Waals surface area contributed by atoms with E-state index in [0.29, 0.717) is 42.0 Å². The van der Waals surface area contributed by atoms with Crippen LogP contribution >= 0.6 is 23.2 Å². The highest BCUT2D eigenvalue weighted by molar-refractivity contribution is 6.31. The van der Waals surface area contributed by atoms with E-state index in [2.05, 4.69) is 16.0 Å². The van der Waals surface area contributed by atoms with E-state index in [1.165, 1.54) is 6.07 Å². The van der Waals surface area contributed by atoms with Gasteiger partial charge < -0.3 is 15.7 Å². The number of anilines is 1. The fourth-order valence-corrected chi connectivity index (χ4v) is 7.28. The first-order valence-electron chi connectivity index (χ1n) is 12.4. The van der Waals surface area contributed by atoms with Gasteiger partial charge in [0.05, 0.1) is 16.7 Å². The molecule has 0 aromatic heterocycles. The molecule has 5 rings (SSSR count). The van der Waals surface area contributed by atoms with Crippen molar-refractivity contribution in [2.75, 3.05) is 5.32 Å². The quantitative estimate of drug-likeness (QED) is 0.449. The van der Waals surface area contributed by atoms with E-state index in [9.17, 15) is 14.7 Å². The summed E-state index contributed by atoms with van der Waals surface area (Å²) in [6, 6.07) is 8.79. The Hall–Kier alpha value is -2.19. The lowest BCUT2D eigenvalue weighted by atomic mass is 9.57. The minimum absolute atomic E-state index is 0.0721. The van der Waals surface area contributed by atoms with Gasteiger partial charge in [0, 0.05) is 28.2 Å². The summed E-state index contributed by atoms with van der Waals surface area (Å²) in [6.07, 6.45) is 1.89. The van der Waals surface area contributed by atoms with Crippen molar-refractivity contribution in [2.45, 2.75) is 81.0 Å².